The number of methoxy groups -OCH3 is 2. The van der Waals surface area contributed by atoms with Gasteiger partial charge in [0.15, 0.2) is 11.5 Å². The van der Waals surface area contributed by atoms with Gasteiger partial charge in [-0.2, -0.15) is 5.10 Å². The van der Waals surface area contributed by atoms with Crippen LogP contribution in [-0.2, 0) is 22.6 Å². The lowest BCUT2D eigenvalue weighted by Crippen LogP contribution is -2.52. The van der Waals surface area contributed by atoms with Gasteiger partial charge in [-0.1, -0.05) is 23.8 Å². The monoisotopic (exact) mass is 552 g/mol. The smallest absolute Gasteiger partial charge is 0.248 e. The molecule has 0 aliphatic carbocycles. The van der Waals surface area contributed by atoms with Crippen LogP contribution in [0.1, 0.15) is 17.5 Å². The number of aliphatic hydroxyl groups is 1. The average molecular weight is 553 g/mol. The van der Waals surface area contributed by atoms with Crippen molar-refractivity contribution in [3.05, 3.63) is 72.1 Å². The molecule has 1 amide bonds. The summed E-state index contributed by atoms with van der Waals surface area (Å²) in [7, 11) is 3.12. The van der Waals surface area contributed by atoms with Crippen molar-refractivity contribution in [1.82, 2.24) is 19.6 Å². The van der Waals surface area contributed by atoms with Gasteiger partial charge in [0, 0.05) is 58.6 Å². The maximum absolute atomic E-state index is 12.7. The summed E-state index contributed by atoms with van der Waals surface area (Å²) in [6, 6.07) is 15.5. The number of benzene rings is 2. The zero-order valence-corrected chi connectivity index (χ0v) is 23.6. The van der Waals surface area contributed by atoms with Gasteiger partial charge in [-0.05, 0) is 42.8 Å². The SMILES string of the molecule is COCC(=O)N1CCN(Cc2ccc(OCCCn3cccn3)c(OC)c2)CC(O)(COc2ccc(C)cc2)C1. The van der Waals surface area contributed by atoms with Gasteiger partial charge in [0.1, 0.15) is 24.6 Å². The van der Waals surface area contributed by atoms with Gasteiger partial charge in [-0.25, -0.2) is 0 Å². The molecule has 4 rings (SSSR count). The highest BCUT2D eigenvalue weighted by Gasteiger charge is 2.37. The topological polar surface area (TPSA) is 98.5 Å². The first-order chi connectivity index (χ1) is 19.4. The van der Waals surface area contributed by atoms with Gasteiger partial charge in [-0.15, -0.1) is 0 Å². The summed E-state index contributed by atoms with van der Waals surface area (Å²) in [6.07, 6.45) is 4.52. The van der Waals surface area contributed by atoms with Crippen LogP contribution in [-0.4, -0.2) is 96.4 Å². The summed E-state index contributed by atoms with van der Waals surface area (Å²) in [5, 5.41) is 15.9. The number of hydrogen-bond donors (Lipinski definition) is 1. The highest BCUT2D eigenvalue weighted by atomic mass is 16.5. The molecular formula is C30H40N4O6. The van der Waals surface area contributed by atoms with E-state index in [-0.39, 0.29) is 25.7 Å². The van der Waals surface area contributed by atoms with E-state index in [2.05, 4.69) is 10.00 Å². The van der Waals surface area contributed by atoms with E-state index in [4.69, 9.17) is 18.9 Å². The lowest BCUT2D eigenvalue weighted by atomic mass is 10.0. The molecule has 1 unspecified atom stereocenters. The molecule has 10 nitrogen and oxygen atoms in total. The zero-order chi connectivity index (χ0) is 28.4. The predicted octanol–water partition coefficient (Wildman–Crippen LogP) is 2.77. The van der Waals surface area contributed by atoms with Crippen molar-refractivity contribution in [2.24, 2.45) is 0 Å². The Morgan fingerprint density at radius 3 is 2.60 bits per heavy atom. The minimum Gasteiger partial charge on any atom is -0.493 e. The fraction of sp³-hybridized carbons (Fsp3) is 0.467. The molecule has 1 aliphatic heterocycles. The largest absolute Gasteiger partial charge is 0.493 e. The van der Waals surface area contributed by atoms with E-state index in [0.29, 0.717) is 50.0 Å². The Labute approximate surface area is 236 Å². The summed E-state index contributed by atoms with van der Waals surface area (Å²) >= 11 is 0. The number of rotatable bonds is 13. The van der Waals surface area contributed by atoms with Crippen molar-refractivity contribution in [2.45, 2.75) is 32.0 Å². The van der Waals surface area contributed by atoms with Gasteiger partial charge in [0.05, 0.1) is 20.3 Å². The molecule has 1 fully saturated rings. The number of carbonyl (C=O) groups excluding carboxylic acids is 1. The fourth-order valence-corrected chi connectivity index (χ4v) is 4.78. The summed E-state index contributed by atoms with van der Waals surface area (Å²) < 4.78 is 24.5. The Balaban J connectivity index is 1.41. The third-order valence-electron chi connectivity index (χ3n) is 6.82. The van der Waals surface area contributed by atoms with Crippen LogP contribution in [0, 0.1) is 6.92 Å². The molecule has 2 aromatic carbocycles. The molecule has 1 aromatic heterocycles. The zero-order valence-electron chi connectivity index (χ0n) is 23.6. The predicted molar refractivity (Wildman–Crippen MR) is 151 cm³/mol. The minimum absolute atomic E-state index is 0.0322. The first-order valence-corrected chi connectivity index (χ1v) is 13.6. The average Bonchev–Trinajstić information content (AvgIpc) is 3.41. The molecule has 1 atom stereocenters. The number of β-amino-alcohol motifs (C(OH)–C–C–N with tert-alkyl or cyclic N) is 1. The minimum atomic E-state index is -1.27. The number of aryl methyl sites for hydroxylation is 2. The molecule has 2 heterocycles. The molecule has 0 bridgehead atoms. The number of hydrogen-bond acceptors (Lipinski definition) is 8. The van der Waals surface area contributed by atoms with E-state index in [1.807, 2.05) is 66.3 Å². The molecule has 1 N–H and O–H groups in total. The fourth-order valence-electron chi connectivity index (χ4n) is 4.78. The Hall–Kier alpha value is -3.60. The maximum Gasteiger partial charge on any atom is 0.248 e. The molecular weight excluding hydrogens is 512 g/mol. The van der Waals surface area contributed by atoms with Crippen molar-refractivity contribution in [3.8, 4) is 17.2 Å². The van der Waals surface area contributed by atoms with Gasteiger partial charge >= 0.3 is 0 Å². The summed E-state index contributed by atoms with van der Waals surface area (Å²) in [5.41, 5.74) is 0.871. The van der Waals surface area contributed by atoms with Gasteiger partial charge in [-0.3, -0.25) is 14.4 Å². The maximum atomic E-state index is 12.7. The quantitative estimate of drug-likeness (QED) is 0.324. The Kier molecular flexibility index (Phi) is 10.4. The number of nitrogens with zero attached hydrogens (tertiary/aromatic N) is 4. The van der Waals surface area contributed by atoms with Crippen LogP contribution in [0.2, 0.25) is 0 Å². The second-order valence-corrected chi connectivity index (χ2v) is 10.2. The third kappa shape index (κ3) is 8.45. The van der Waals surface area contributed by atoms with E-state index in [1.54, 1.807) is 18.2 Å². The van der Waals surface area contributed by atoms with Crippen molar-refractivity contribution >= 4 is 5.91 Å². The van der Waals surface area contributed by atoms with Crippen LogP contribution in [0.5, 0.6) is 17.2 Å². The molecule has 10 heteroatoms. The number of aromatic nitrogens is 2. The second kappa shape index (κ2) is 14.2. The van der Waals surface area contributed by atoms with E-state index >= 15 is 0 Å². The molecule has 0 radical (unpaired) electrons. The Morgan fingerprint density at radius 2 is 1.88 bits per heavy atom. The van der Waals surface area contributed by atoms with Crippen molar-refractivity contribution < 1.29 is 28.8 Å². The van der Waals surface area contributed by atoms with Gasteiger partial charge in [0.25, 0.3) is 0 Å². The first kappa shape index (κ1) is 29.4. The molecule has 0 spiro atoms. The lowest BCUT2D eigenvalue weighted by Gasteiger charge is -2.33. The normalized spacial score (nSPS) is 17.9. The molecule has 1 aliphatic rings. The molecule has 40 heavy (non-hydrogen) atoms. The lowest BCUT2D eigenvalue weighted by molar-refractivity contribution is -0.138. The Bertz CT molecular complexity index is 1200. The van der Waals surface area contributed by atoms with E-state index in [0.717, 1.165) is 24.1 Å². The van der Waals surface area contributed by atoms with Crippen LogP contribution < -0.4 is 14.2 Å². The highest BCUT2D eigenvalue weighted by Crippen LogP contribution is 2.29. The third-order valence-corrected chi connectivity index (χ3v) is 6.82. The molecule has 216 valence electrons. The number of ether oxygens (including phenoxy) is 4. The van der Waals surface area contributed by atoms with Gasteiger partial charge in [0.2, 0.25) is 5.91 Å². The number of amides is 1. The van der Waals surface area contributed by atoms with Crippen molar-refractivity contribution in [1.29, 1.82) is 0 Å². The van der Waals surface area contributed by atoms with Crippen LogP contribution in [0.15, 0.2) is 60.9 Å². The van der Waals surface area contributed by atoms with Crippen LogP contribution >= 0.6 is 0 Å². The van der Waals surface area contributed by atoms with Crippen molar-refractivity contribution in [2.75, 3.05) is 60.2 Å². The van der Waals surface area contributed by atoms with Crippen LogP contribution in [0.3, 0.4) is 0 Å². The highest BCUT2D eigenvalue weighted by molar-refractivity contribution is 5.77. The van der Waals surface area contributed by atoms with E-state index < -0.39 is 5.60 Å². The van der Waals surface area contributed by atoms with Crippen molar-refractivity contribution in [3.63, 3.8) is 0 Å². The molecule has 3 aromatic rings. The second-order valence-electron chi connectivity index (χ2n) is 10.2. The summed E-state index contributed by atoms with van der Waals surface area (Å²) in [4.78, 5) is 16.5. The Morgan fingerprint density at radius 1 is 1.05 bits per heavy atom. The van der Waals surface area contributed by atoms with Gasteiger partial charge < -0.3 is 29.0 Å². The standard InChI is InChI=1S/C30H40N4O6/c1-24-6-9-26(10-7-24)40-23-30(36)21-32(15-16-33(22-30)29(35)20-37-2)19-25-8-11-27(28(18-25)38-3)39-17-5-14-34-13-4-12-31-34/h4,6-13,18,36H,5,14-17,19-23H2,1-3H3. The first-order valence-electron chi connectivity index (χ1n) is 13.6. The number of carbonyl (C=O) groups is 1. The van der Waals surface area contributed by atoms with E-state index in [1.165, 1.54) is 7.11 Å². The summed E-state index contributed by atoms with van der Waals surface area (Å²) in [5.74, 6) is 1.85. The molecule has 0 saturated carbocycles. The summed E-state index contributed by atoms with van der Waals surface area (Å²) in [6.45, 7) is 5.48. The van der Waals surface area contributed by atoms with Crippen LogP contribution in [0.25, 0.3) is 0 Å². The molecule has 1 saturated heterocycles. The van der Waals surface area contributed by atoms with Crippen LogP contribution in [0.4, 0.5) is 0 Å². The van der Waals surface area contributed by atoms with E-state index in [9.17, 15) is 9.90 Å².